The van der Waals surface area contributed by atoms with Crippen molar-refractivity contribution in [2.75, 3.05) is 44.7 Å². The Labute approximate surface area is 222 Å². The van der Waals surface area contributed by atoms with Crippen LogP contribution in [0.15, 0.2) is 60.2 Å². The van der Waals surface area contributed by atoms with Crippen LogP contribution in [0.2, 0.25) is 0 Å². The molecule has 1 aromatic heterocycles. The molecule has 1 aliphatic carbocycles. The van der Waals surface area contributed by atoms with Crippen LogP contribution >= 0.6 is 11.6 Å². The molecule has 2 atom stereocenters. The minimum Gasteiger partial charge on any atom is -0.507 e. The molecule has 3 aliphatic rings. The number of nitrogens with one attached hydrogen (secondary N) is 1. The van der Waals surface area contributed by atoms with Crippen molar-refractivity contribution < 1.29 is 27.5 Å². The molecule has 1 aromatic carbocycles. The zero-order chi connectivity index (χ0) is 27.2. The molecular weight excluding hydrogens is 526 g/mol. The number of pyridine rings is 1. The zero-order valence-corrected chi connectivity index (χ0v) is 21.2. The van der Waals surface area contributed by atoms with Crippen molar-refractivity contribution in [3.05, 3.63) is 71.3 Å². The largest absolute Gasteiger partial charge is 0.507 e. The number of alkyl halides is 4. The van der Waals surface area contributed by atoms with Crippen molar-refractivity contribution in [3.8, 4) is 5.75 Å². The van der Waals surface area contributed by atoms with E-state index >= 15 is 4.39 Å². The van der Waals surface area contributed by atoms with Crippen LogP contribution in [0.3, 0.4) is 0 Å². The second-order valence-electron chi connectivity index (χ2n) is 9.61. The van der Waals surface area contributed by atoms with E-state index in [4.69, 9.17) is 11.6 Å². The number of hydrogen-bond acceptors (Lipinski definition) is 5. The van der Waals surface area contributed by atoms with E-state index in [1.807, 2.05) is 0 Å². The van der Waals surface area contributed by atoms with Crippen LogP contribution in [0.25, 0.3) is 5.57 Å². The monoisotopic (exact) mass is 551 g/mol. The summed E-state index contributed by atoms with van der Waals surface area (Å²) in [6.07, 6.45) is -1.72. The lowest BCUT2D eigenvalue weighted by Crippen LogP contribution is -2.57. The van der Waals surface area contributed by atoms with Gasteiger partial charge in [0, 0.05) is 58.0 Å². The average Bonchev–Trinajstić information content (AvgIpc) is 3.21. The highest BCUT2D eigenvalue weighted by Gasteiger charge is 2.47. The number of aromatic hydroxyl groups is 1. The van der Waals surface area contributed by atoms with Gasteiger partial charge in [-0.25, -0.2) is 14.2 Å². The van der Waals surface area contributed by atoms with E-state index in [-0.39, 0.29) is 49.9 Å². The highest BCUT2D eigenvalue weighted by Crippen LogP contribution is 2.52. The Morgan fingerprint density at radius 3 is 2.63 bits per heavy atom. The number of rotatable bonds is 4. The summed E-state index contributed by atoms with van der Waals surface area (Å²) in [7, 11) is 1.61. The highest BCUT2D eigenvalue weighted by molar-refractivity contribution is 6.27. The lowest BCUT2D eigenvalue weighted by molar-refractivity contribution is -0.155. The molecule has 12 heteroatoms. The van der Waals surface area contributed by atoms with Gasteiger partial charge in [0.05, 0.1) is 5.70 Å². The molecule has 2 amide bonds. The Hall–Kier alpha value is -3.31. The number of halogens is 5. The van der Waals surface area contributed by atoms with Crippen molar-refractivity contribution in [2.24, 2.45) is 0 Å². The van der Waals surface area contributed by atoms with Crippen LogP contribution in [0.1, 0.15) is 17.5 Å². The minimum absolute atomic E-state index is 0.0125. The first-order valence-electron chi connectivity index (χ1n) is 12.1. The molecule has 7 nitrogen and oxygen atoms in total. The van der Waals surface area contributed by atoms with Crippen molar-refractivity contribution in [1.29, 1.82) is 0 Å². The number of nitrogens with zero attached hydrogens (tertiary/aromatic N) is 4. The molecule has 2 unspecified atom stereocenters. The van der Waals surface area contributed by atoms with Gasteiger partial charge in [0.2, 0.25) is 0 Å². The van der Waals surface area contributed by atoms with Crippen LogP contribution in [0, 0.1) is 0 Å². The number of likely N-dealkylation sites (N-methyl/N-ethyl adjacent to an activating group) is 1. The van der Waals surface area contributed by atoms with Gasteiger partial charge in [-0.2, -0.15) is 13.2 Å². The van der Waals surface area contributed by atoms with E-state index in [1.54, 1.807) is 37.4 Å². The lowest BCUT2D eigenvalue weighted by Gasteiger charge is -2.39. The number of urea groups is 1. The molecule has 2 aliphatic heterocycles. The molecule has 0 bridgehead atoms. The Morgan fingerprint density at radius 2 is 1.95 bits per heavy atom. The molecule has 5 rings (SSSR count). The maximum absolute atomic E-state index is 16.0. The topological polar surface area (TPSA) is 71.9 Å². The third-order valence-corrected chi connectivity index (χ3v) is 7.70. The van der Waals surface area contributed by atoms with E-state index in [0.29, 0.717) is 23.2 Å². The van der Waals surface area contributed by atoms with Gasteiger partial charge in [-0.1, -0.05) is 18.2 Å². The molecule has 202 valence electrons. The summed E-state index contributed by atoms with van der Waals surface area (Å²) in [6, 6.07) is 7.46. The number of amides is 2. The van der Waals surface area contributed by atoms with E-state index in [1.165, 1.54) is 33.0 Å². The van der Waals surface area contributed by atoms with Gasteiger partial charge in [-0.05, 0) is 35.4 Å². The second-order valence-corrected chi connectivity index (χ2v) is 10.3. The normalized spacial score (nSPS) is 24.8. The van der Waals surface area contributed by atoms with Gasteiger partial charge >= 0.3 is 12.2 Å². The number of carbonyl (C=O) groups is 1. The van der Waals surface area contributed by atoms with Gasteiger partial charge in [0.25, 0.3) is 0 Å². The van der Waals surface area contributed by atoms with Gasteiger partial charge in [-0.15, -0.1) is 11.6 Å². The number of para-hydroxylation sites is 1. The first-order valence-corrected chi connectivity index (χ1v) is 12.5. The highest BCUT2D eigenvalue weighted by atomic mass is 35.5. The van der Waals surface area contributed by atoms with Crippen LogP contribution in [0.5, 0.6) is 5.75 Å². The maximum atomic E-state index is 16.0. The number of phenolic OH excluding ortho intramolecular Hbond substituents is 1. The molecule has 2 saturated heterocycles. The molecular formula is C26H26ClF4N5O2. The number of aromatic nitrogens is 1. The number of anilines is 1. The van der Waals surface area contributed by atoms with E-state index in [0.717, 1.165) is 0 Å². The summed E-state index contributed by atoms with van der Waals surface area (Å²) in [6.45, 7) is 0.643. The maximum Gasteiger partial charge on any atom is 0.405 e. The fourth-order valence-corrected chi connectivity index (χ4v) is 5.63. The van der Waals surface area contributed by atoms with Crippen LogP contribution in [-0.4, -0.2) is 77.9 Å². The van der Waals surface area contributed by atoms with E-state index in [2.05, 4.69) is 10.3 Å². The van der Waals surface area contributed by atoms with Gasteiger partial charge in [0.1, 0.15) is 28.3 Å². The van der Waals surface area contributed by atoms with Crippen LogP contribution < -0.4 is 10.2 Å². The number of piperazine rings is 1. The zero-order valence-electron chi connectivity index (χ0n) is 20.5. The Kier molecular flexibility index (Phi) is 6.77. The number of hydrogen-bond donors (Lipinski definition) is 2. The van der Waals surface area contributed by atoms with Crippen molar-refractivity contribution in [2.45, 2.75) is 23.5 Å². The second kappa shape index (κ2) is 9.77. The first-order chi connectivity index (χ1) is 18.0. The number of carbonyl (C=O) groups excluding carboxylic acids is 1. The smallest absolute Gasteiger partial charge is 0.405 e. The van der Waals surface area contributed by atoms with Crippen LogP contribution in [-0.2, 0) is 4.87 Å². The van der Waals surface area contributed by atoms with Gasteiger partial charge in [-0.3, -0.25) is 4.90 Å². The molecule has 2 N–H and O–H groups in total. The number of benzene rings is 1. The Bertz CT molecular complexity index is 1320. The van der Waals surface area contributed by atoms with Crippen molar-refractivity contribution >= 4 is 29.0 Å². The fraction of sp³-hybridized carbons (Fsp3) is 0.385. The molecule has 3 heterocycles. The lowest BCUT2D eigenvalue weighted by atomic mass is 9.81. The summed E-state index contributed by atoms with van der Waals surface area (Å²) >= 11 is 7.29. The predicted octanol–water partition coefficient (Wildman–Crippen LogP) is 4.60. The Morgan fingerprint density at radius 1 is 1.18 bits per heavy atom. The number of phenols is 1. The molecule has 0 saturated carbocycles. The summed E-state index contributed by atoms with van der Waals surface area (Å²) in [5, 5.41) is 12.9. The van der Waals surface area contributed by atoms with Crippen LogP contribution in [0.4, 0.5) is 28.2 Å². The van der Waals surface area contributed by atoms with Crippen molar-refractivity contribution in [3.63, 3.8) is 0 Å². The fourth-order valence-electron chi connectivity index (χ4n) is 5.18. The molecule has 0 spiro atoms. The number of allylic oxidation sites excluding steroid dienone is 4. The van der Waals surface area contributed by atoms with Crippen molar-refractivity contribution in [1.82, 2.24) is 20.1 Å². The summed E-state index contributed by atoms with van der Waals surface area (Å²) < 4.78 is 56.1. The molecule has 2 aromatic rings. The Balaban J connectivity index is 1.59. The van der Waals surface area contributed by atoms with Gasteiger partial charge in [0.15, 0.2) is 0 Å². The molecule has 2 fully saturated rings. The van der Waals surface area contributed by atoms with Gasteiger partial charge < -0.3 is 20.2 Å². The predicted molar refractivity (Wildman–Crippen MR) is 135 cm³/mol. The third-order valence-electron chi connectivity index (χ3n) is 7.17. The summed E-state index contributed by atoms with van der Waals surface area (Å²) in [5.74, 6) is -0.521. The first kappa shape index (κ1) is 26.3. The molecule has 38 heavy (non-hydrogen) atoms. The summed E-state index contributed by atoms with van der Waals surface area (Å²) in [4.78, 5) is 19.9. The SMILES string of the molecule is CN1CCN(C2=C(F)C=C(c3ccccc3O)CC2(Cl)c2ccnc(N3CCNC(C(F)(F)F)C3)c2)C1=O. The summed E-state index contributed by atoms with van der Waals surface area (Å²) in [5.41, 5.74) is 1.14. The van der Waals surface area contributed by atoms with E-state index in [9.17, 15) is 23.1 Å². The van der Waals surface area contributed by atoms with E-state index < -0.39 is 29.0 Å². The average molecular weight is 552 g/mol. The standard InChI is InChI=1S/C26H26ClF4N5O2/c1-34-10-11-36(24(34)38)23-19(28)12-16(18-4-2-3-5-20(18)37)14-25(23,27)17-6-7-33-22(13-17)35-9-8-32-21(15-35)26(29,30)31/h2-7,12-13,21,32,37H,8-11,14-15H2,1H3. The third kappa shape index (κ3) is 4.69. The minimum atomic E-state index is -4.42. The quantitative estimate of drug-likeness (QED) is 0.429. The molecule has 0 radical (unpaired) electrons.